The molecule has 0 radical (unpaired) electrons. The minimum atomic E-state index is -1.13. The van der Waals surface area contributed by atoms with E-state index in [1.165, 1.54) is 0 Å². The summed E-state index contributed by atoms with van der Waals surface area (Å²) in [7, 11) is 1.93. The maximum absolute atomic E-state index is 12.7. The first-order chi connectivity index (χ1) is 10.1. The van der Waals surface area contributed by atoms with Crippen molar-refractivity contribution in [3.05, 3.63) is 71.4 Å². The van der Waals surface area contributed by atoms with Crippen molar-refractivity contribution in [1.29, 1.82) is 0 Å². The van der Waals surface area contributed by atoms with Crippen LogP contribution in [0.25, 0.3) is 10.9 Å². The summed E-state index contributed by atoms with van der Waals surface area (Å²) in [6.45, 7) is 1.91. The zero-order valence-electron chi connectivity index (χ0n) is 12.1. The van der Waals surface area contributed by atoms with Crippen LogP contribution in [-0.4, -0.2) is 15.5 Å². The molecule has 0 saturated carbocycles. The van der Waals surface area contributed by atoms with Crippen LogP contribution in [0.3, 0.4) is 0 Å². The minimum Gasteiger partial charge on any atom is -0.380 e. The van der Waals surface area contributed by atoms with E-state index in [0.717, 1.165) is 16.6 Å². The molecule has 1 aromatic heterocycles. The fraction of sp³-hybridized carbons (Fsp3) is 0.167. The normalized spacial score (nSPS) is 12.5. The second kappa shape index (κ2) is 5.19. The molecule has 0 bridgehead atoms. The summed E-state index contributed by atoms with van der Waals surface area (Å²) in [5, 5.41) is 11.3. The number of para-hydroxylation sites is 1. The van der Waals surface area contributed by atoms with Gasteiger partial charge in [0.25, 0.3) is 0 Å². The van der Waals surface area contributed by atoms with Gasteiger partial charge in [-0.1, -0.05) is 48.5 Å². The van der Waals surface area contributed by atoms with E-state index in [1.54, 1.807) is 12.1 Å². The second-order valence-corrected chi connectivity index (χ2v) is 5.21. The molecule has 3 rings (SSSR count). The van der Waals surface area contributed by atoms with Crippen molar-refractivity contribution in [3.63, 3.8) is 0 Å². The number of hydrogen-bond acceptors (Lipinski definition) is 2. The molecule has 0 aliphatic rings. The highest BCUT2D eigenvalue weighted by atomic mass is 16.3. The lowest BCUT2D eigenvalue weighted by atomic mass is 9.98. The lowest BCUT2D eigenvalue weighted by molar-refractivity contribution is 0.0748. The summed E-state index contributed by atoms with van der Waals surface area (Å²) in [4.78, 5) is 12.7. The molecule has 1 N–H and O–H groups in total. The molecule has 0 amide bonds. The number of aliphatic hydroxyl groups excluding tert-OH is 1. The molecule has 3 nitrogen and oxygen atoms in total. The predicted octanol–water partition coefficient (Wildman–Crippen LogP) is 3.40. The number of ketones is 1. The average Bonchev–Trinajstić information content (AvgIpc) is 2.79. The molecule has 0 fully saturated rings. The number of fused-ring (bicyclic) bond motifs is 1. The van der Waals surface area contributed by atoms with Crippen LogP contribution in [0.2, 0.25) is 0 Å². The molecule has 1 heterocycles. The Hall–Kier alpha value is -2.39. The molecule has 0 aliphatic heterocycles. The molecule has 106 valence electrons. The average molecular weight is 279 g/mol. The van der Waals surface area contributed by atoms with Gasteiger partial charge in [-0.15, -0.1) is 0 Å². The minimum absolute atomic E-state index is 0.254. The van der Waals surface area contributed by atoms with Gasteiger partial charge in [0.05, 0.1) is 0 Å². The van der Waals surface area contributed by atoms with Crippen molar-refractivity contribution in [2.75, 3.05) is 0 Å². The van der Waals surface area contributed by atoms with Gasteiger partial charge in [0.15, 0.2) is 5.78 Å². The third kappa shape index (κ3) is 2.16. The van der Waals surface area contributed by atoms with Crippen molar-refractivity contribution in [2.45, 2.75) is 13.0 Å². The second-order valence-electron chi connectivity index (χ2n) is 5.21. The maximum Gasteiger partial charge on any atom is 0.198 e. The summed E-state index contributed by atoms with van der Waals surface area (Å²) in [6.07, 6.45) is -1.13. The Bertz CT molecular complexity index is 803. The molecule has 3 heteroatoms. The van der Waals surface area contributed by atoms with E-state index in [2.05, 4.69) is 0 Å². The van der Waals surface area contributed by atoms with Gasteiger partial charge in [-0.25, -0.2) is 0 Å². The molecule has 1 atom stereocenters. The number of benzene rings is 2. The van der Waals surface area contributed by atoms with E-state index in [-0.39, 0.29) is 5.78 Å². The number of Topliss-reactive ketones (excluding diaryl/α,β-unsaturated/α-hetero) is 1. The smallest absolute Gasteiger partial charge is 0.198 e. The summed E-state index contributed by atoms with van der Waals surface area (Å²) < 4.78 is 1.99. The van der Waals surface area contributed by atoms with Gasteiger partial charge >= 0.3 is 0 Å². The summed E-state index contributed by atoms with van der Waals surface area (Å²) in [6, 6.07) is 16.8. The van der Waals surface area contributed by atoms with Crippen LogP contribution in [-0.2, 0) is 7.05 Å². The third-order valence-corrected chi connectivity index (χ3v) is 4.01. The van der Waals surface area contributed by atoms with Gasteiger partial charge < -0.3 is 9.67 Å². The number of hydrogen-bond donors (Lipinski definition) is 1. The van der Waals surface area contributed by atoms with Crippen LogP contribution in [0.1, 0.15) is 27.7 Å². The number of carbonyl (C=O) groups is 1. The Balaban J connectivity index is 2.13. The standard InChI is InChI=1S/C18H17NO2/c1-12-16(14-10-6-7-11-15(14)19(12)2)18(21)17(20)13-8-4-3-5-9-13/h3-11,17,20H,1-2H3. The van der Waals surface area contributed by atoms with Crippen LogP contribution >= 0.6 is 0 Å². The maximum atomic E-state index is 12.7. The highest BCUT2D eigenvalue weighted by Gasteiger charge is 2.25. The van der Waals surface area contributed by atoms with Crippen molar-refractivity contribution >= 4 is 16.7 Å². The van der Waals surface area contributed by atoms with Crippen LogP contribution in [0.5, 0.6) is 0 Å². The molecule has 2 aromatic carbocycles. The third-order valence-electron chi connectivity index (χ3n) is 4.01. The number of aliphatic hydroxyl groups is 1. The Labute approximate surface area is 123 Å². The van der Waals surface area contributed by atoms with Gasteiger partial charge in [-0.3, -0.25) is 4.79 Å². The van der Waals surface area contributed by atoms with Crippen molar-refractivity contribution in [3.8, 4) is 0 Å². The zero-order valence-corrected chi connectivity index (χ0v) is 12.1. The van der Waals surface area contributed by atoms with E-state index in [1.807, 2.05) is 61.0 Å². The van der Waals surface area contributed by atoms with Gasteiger partial charge in [-0.2, -0.15) is 0 Å². The number of nitrogens with zero attached hydrogens (tertiary/aromatic N) is 1. The Morgan fingerprint density at radius 2 is 1.67 bits per heavy atom. The molecular weight excluding hydrogens is 262 g/mol. The van der Waals surface area contributed by atoms with Crippen LogP contribution in [0.4, 0.5) is 0 Å². The lowest BCUT2D eigenvalue weighted by Crippen LogP contribution is -2.13. The quantitative estimate of drug-likeness (QED) is 0.747. The molecule has 0 saturated heterocycles. The first-order valence-electron chi connectivity index (χ1n) is 6.92. The summed E-state index contributed by atoms with van der Waals surface area (Å²) in [5.41, 5.74) is 3.09. The molecule has 3 aromatic rings. The SMILES string of the molecule is Cc1c(C(=O)C(O)c2ccccc2)c2ccccc2n1C. The topological polar surface area (TPSA) is 42.2 Å². The van der Waals surface area contributed by atoms with Gasteiger partial charge in [0, 0.05) is 29.2 Å². The molecular formula is C18H17NO2. The van der Waals surface area contributed by atoms with Gasteiger partial charge in [-0.05, 0) is 18.6 Å². The van der Waals surface area contributed by atoms with Crippen LogP contribution in [0, 0.1) is 6.92 Å². The largest absolute Gasteiger partial charge is 0.380 e. The van der Waals surface area contributed by atoms with E-state index in [0.29, 0.717) is 11.1 Å². The number of aryl methyl sites for hydroxylation is 1. The number of rotatable bonds is 3. The Morgan fingerprint density at radius 3 is 2.38 bits per heavy atom. The molecule has 0 aliphatic carbocycles. The first kappa shape index (κ1) is 13.6. The fourth-order valence-electron chi connectivity index (χ4n) is 2.76. The lowest BCUT2D eigenvalue weighted by Gasteiger charge is -2.10. The monoisotopic (exact) mass is 279 g/mol. The van der Waals surface area contributed by atoms with Gasteiger partial charge in [0.2, 0.25) is 0 Å². The molecule has 1 unspecified atom stereocenters. The predicted molar refractivity (Wildman–Crippen MR) is 83.4 cm³/mol. The summed E-state index contributed by atoms with van der Waals surface area (Å²) >= 11 is 0. The van der Waals surface area contributed by atoms with Crippen LogP contribution in [0.15, 0.2) is 54.6 Å². The number of carbonyl (C=O) groups excluding carboxylic acids is 1. The van der Waals surface area contributed by atoms with Crippen molar-refractivity contribution < 1.29 is 9.90 Å². The van der Waals surface area contributed by atoms with Crippen molar-refractivity contribution in [1.82, 2.24) is 4.57 Å². The van der Waals surface area contributed by atoms with E-state index < -0.39 is 6.10 Å². The van der Waals surface area contributed by atoms with E-state index >= 15 is 0 Å². The molecule has 21 heavy (non-hydrogen) atoms. The van der Waals surface area contributed by atoms with E-state index in [9.17, 15) is 9.90 Å². The Morgan fingerprint density at radius 1 is 1.05 bits per heavy atom. The van der Waals surface area contributed by atoms with Crippen LogP contribution < -0.4 is 0 Å². The zero-order chi connectivity index (χ0) is 15.0. The fourth-order valence-corrected chi connectivity index (χ4v) is 2.76. The first-order valence-corrected chi connectivity index (χ1v) is 6.92. The highest BCUT2D eigenvalue weighted by molar-refractivity contribution is 6.11. The van der Waals surface area contributed by atoms with E-state index in [4.69, 9.17) is 0 Å². The highest BCUT2D eigenvalue weighted by Crippen LogP contribution is 2.29. The van der Waals surface area contributed by atoms with Crippen molar-refractivity contribution in [2.24, 2.45) is 7.05 Å². The summed E-state index contributed by atoms with van der Waals surface area (Å²) in [5.74, 6) is -0.254. The van der Waals surface area contributed by atoms with Gasteiger partial charge in [0.1, 0.15) is 6.10 Å². The number of aromatic nitrogens is 1. The Kier molecular flexibility index (Phi) is 3.35. The molecule has 0 spiro atoms.